The van der Waals surface area contributed by atoms with Crippen molar-refractivity contribution in [1.29, 1.82) is 0 Å². The van der Waals surface area contributed by atoms with Crippen LogP contribution in [0.2, 0.25) is 18.1 Å². The fraction of sp³-hybridized carbons (Fsp3) is 0.632. The number of imidazole rings is 1. The van der Waals surface area contributed by atoms with Crippen molar-refractivity contribution < 1.29 is 4.43 Å². The average molecular weight is 374 g/mol. The molecule has 0 bridgehead atoms. The van der Waals surface area contributed by atoms with E-state index in [1.165, 1.54) is 17.5 Å². The molecule has 0 saturated heterocycles. The normalized spacial score (nSPS) is 21.8. The molecule has 3 rings (SSSR count). The number of hydrogen-bond donors (Lipinski definition) is 1. The first-order valence-electron chi connectivity index (χ1n) is 9.27. The molecule has 142 valence electrons. The van der Waals surface area contributed by atoms with Gasteiger partial charge in [-0.15, -0.1) is 0 Å². The first-order valence-corrected chi connectivity index (χ1v) is 12.2. The van der Waals surface area contributed by atoms with Gasteiger partial charge in [0.1, 0.15) is 11.8 Å². The van der Waals surface area contributed by atoms with Crippen molar-refractivity contribution in [3.63, 3.8) is 0 Å². The second kappa shape index (κ2) is 6.46. The van der Waals surface area contributed by atoms with Crippen LogP contribution < -0.4 is 5.73 Å². The number of nitrogens with zero attached hydrogens (tertiary/aromatic N) is 4. The lowest BCUT2D eigenvalue weighted by atomic mass is 10.0. The molecule has 0 aromatic carbocycles. The highest BCUT2D eigenvalue weighted by molar-refractivity contribution is 6.74. The largest absolute Gasteiger partial charge is 0.416 e. The first-order chi connectivity index (χ1) is 12.0. The Labute approximate surface area is 157 Å². The van der Waals surface area contributed by atoms with Gasteiger partial charge in [-0.3, -0.25) is 0 Å². The van der Waals surface area contributed by atoms with Crippen LogP contribution >= 0.6 is 0 Å². The number of hydrogen-bond acceptors (Lipinski definition) is 5. The summed E-state index contributed by atoms with van der Waals surface area (Å²) < 4.78 is 8.64. The van der Waals surface area contributed by atoms with Gasteiger partial charge in [-0.2, -0.15) is 0 Å². The maximum absolute atomic E-state index is 6.50. The van der Waals surface area contributed by atoms with Gasteiger partial charge in [-0.1, -0.05) is 31.9 Å². The van der Waals surface area contributed by atoms with E-state index < -0.39 is 8.32 Å². The van der Waals surface area contributed by atoms with Crippen molar-refractivity contribution in [2.75, 3.05) is 12.3 Å². The van der Waals surface area contributed by atoms with Gasteiger partial charge in [0.15, 0.2) is 19.8 Å². The molecule has 0 spiro atoms. The molecule has 1 aliphatic rings. The molecule has 2 aromatic rings. The number of fused-ring (bicyclic) bond motifs is 1. The maximum atomic E-state index is 6.50. The van der Waals surface area contributed by atoms with Gasteiger partial charge < -0.3 is 14.7 Å². The van der Waals surface area contributed by atoms with E-state index >= 15 is 0 Å². The van der Waals surface area contributed by atoms with Crippen molar-refractivity contribution in [3.8, 4) is 0 Å². The lowest BCUT2D eigenvalue weighted by molar-refractivity contribution is 0.239. The van der Waals surface area contributed by atoms with Crippen LogP contribution in [-0.2, 0) is 4.43 Å². The van der Waals surface area contributed by atoms with Crippen LogP contribution in [0.1, 0.15) is 47.1 Å². The van der Waals surface area contributed by atoms with E-state index in [9.17, 15) is 0 Å². The van der Waals surface area contributed by atoms with Gasteiger partial charge in [-0.25, -0.2) is 15.0 Å². The lowest BCUT2D eigenvalue weighted by Gasteiger charge is -2.37. The summed E-state index contributed by atoms with van der Waals surface area (Å²) in [7, 11) is -1.74. The first kappa shape index (κ1) is 19.0. The van der Waals surface area contributed by atoms with Crippen LogP contribution in [0.15, 0.2) is 23.8 Å². The third kappa shape index (κ3) is 3.18. The summed E-state index contributed by atoms with van der Waals surface area (Å²) in [6.07, 6.45) is 4.37. The lowest BCUT2D eigenvalue weighted by Crippen LogP contribution is -2.42. The molecule has 7 heteroatoms. The zero-order valence-electron chi connectivity index (χ0n) is 17.0. The summed E-state index contributed by atoms with van der Waals surface area (Å²) >= 11 is 0. The standard InChI is InChI=1S/C19H31N5OSi/c1-12-13(2)15(8-14(12)9-25-26(6,7)19(3,4)5)24-11-23-16-17(20)21-10-22-18(16)24/h10-11,14-15H,8-9H2,1-7H3,(H2,20,21,22)/t14-,15-/m1/s1. The number of aromatic nitrogens is 4. The Balaban J connectivity index is 1.82. The highest BCUT2D eigenvalue weighted by Crippen LogP contribution is 2.43. The minimum Gasteiger partial charge on any atom is -0.416 e. The third-order valence-corrected chi connectivity index (χ3v) is 10.9. The SMILES string of the molecule is CC1=C(C)[C@H](n2cnc3c(N)ncnc32)C[C@@H]1CO[Si](C)(C)C(C)(C)C. The molecule has 6 nitrogen and oxygen atoms in total. The van der Waals surface area contributed by atoms with Gasteiger partial charge in [-0.05, 0) is 38.4 Å². The molecule has 0 amide bonds. The van der Waals surface area contributed by atoms with E-state index in [2.05, 4.69) is 67.2 Å². The minimum absolute atomic E-state index is 0.229. The highest BCUT2D eigenvalue weighted by atomic mass is 28.4. The molecular formula is C19H31N5OSi. The number of rotatable bonds is 4. The minimum atomic E-state index is -1.74. The van der Waals surface area contributed by atoms with Crippen molar-refractivity contribution in [2.45, 2.75) is 65.2 Å². The number of allylic oxidation sites excluding steroid dienone is 1. The molecule has 2 heterocycles. The quantitative estimate of drug-likeness (QED) is 0.637. The van der Waals surface area contributed by atoms with Crippen LogP contribution in [0.3, 0.4) is 0 Å². The summed E-state index contributed by atoms with van der Waals surface area (Å²) in [5, 5.41) is 0.229. The second-order valence-corrected chi connectivity index (χ2v) is 13.8. The van der Waals surface area contributed by atoms with Crippen LogP contribution in [0.25, 0.3) is 11.2 Å². The van der Waals surface area contributed by atoms with Crippen molar-refractivity contribution in [3.05, 3.63) is 23.8 Å². The Bertz CT molecular complexity index is 849. The molecule has 2 N–H and O–H groups in total. The molecule has 0 radical (unpaired) electrons. The topological polar surface area (TPSA) is 78.9 Å². The van der Waals surface area contributed by atoms with E-state index in [1.807, 2.05) is 6.33 Å². The van der Waals surface area contributed by atoms with E-state index in [0.717, 1.165) is 18.7 Å². The highest BCUT2D eigenvalue weighted by Gasteiger charge is 2.39. The molecule has 26 heavy (non-hydrogen) atoms. The van der Waals surface area contributed by atoms with Gasteiger partial charge in [0.05, 0.1) is 12.4 Å². The van der Waals surface area contributed by atoms with Gasteiger partial charge in [0, 0.05) is 12.5 Å². The van der Waals surface area contributed by atoms with Crippen LogP contribution in [0, 0.1) is 5.92 Å². The van der Waals surface area contributed by atoms with Crippen molar-refractivity contribution in [2.24, 2.45) is 5.92 Å². The summed E-state index contributed by atoms with van der Waals surface area (Å²) in [6.45, 7) is 16.7. The van der Waals surface area contributed by atoms with E-state index in [4.69, 9.17) is 10.2 Å². The Morgan fingerprint density at radius 2 is 1.88 bits per heavy atom. The summed E-state index contributed by atoms with van der Waals surface area (Å²) in [5.74, 6) is 0.869. The number of anilines is 1. The monoisotopic (exact) mass is 373 g/mol. The molecule has 0 saturated carbocycles. The van der Waals surface area contributed by atoms with Crippen LogP contribution in [-0.4, -0.2) is 34.4 Å². The second-order valence-electron chi connectivity index (χ2n) is 8.97. The van der Waals surface area contributed by atoms with Crippen molar-refractivity contribution >= 4 is 25.3 Å². The van der Waals surface area contributed by atoms with E-state index in [0.29, 0.717) is 17.3 Å². The zero-order chi connectivity index (χ0) is 19.3. The van der Waals surface area contributed by atoms with Crippen LogP contribution in [0.4, 0.5) is 5.82 Å². The fourth-order valence-corrected chi connectivity index (χ4v) is 4.40. The van der Waals surface area contributed by atoms with Gasteiger partial charge in [0.2, 0.25) is 0 Å². The van der Waals surface area contributed by atoms with Crippen molar-refractivity contribution in [1.82, 2.24) is 19.5 Å². The third-order valence-electron chi connectivity index (χ3n) is 6.42. The summed E-state index contributed by atoms with van der Waals surface area (Å²) in [6, 6.07) is 0.252. The predicted molar refractivity (Wildman–Crippen MR) is 108 cm³/mol. The zero-order valence-corrected chi connectivity index (χ0v) is 18.0. The Hall–Kier alpha value is -1.73. The van der Waals surface area contributed by atoms with Gasteiger partial charge in [0.25, 0.3) is 0 Å². The molecule has 0 unspecified atom stereocenters. The fourth-order valence-electron chi connectivity index (χ4n) is 3.35. The Morgan fingerprint density at radius 1 is 1.19 bits per heavy atom. The molecule has 0 fully saturated rings. The Morgan fingerprint density at radius 3 is 2.54 bits per heavy atom. The molecular weight excluding hydrogens is 342 g/mol. The molecule has 1 aliphatic carbocycles. The van der Waals surface area contributed by atoms with E-state index in [-0.39, 0.29) is 11.1 Å². The maximum Gasteiger partial charge on any atom is 0.192 e. The number of nitrogen functional groups attached to an aromatic ring is 1. The molecule has 0 aliphatic heterocycles. The number of nitrogens with two attached hydrogens (primary N) is 1. The Kier molecular flexibility index (Phi) is 4.73. The summed E-state index contributed by atoms with van der Waals surface area (Å²) in [4.78, 5) is 12.9. The molecule has 2 atom stereocenters. The molecule has 2 aromatic heterocycles. The predicted octanol–water partition coefficient (Wildman–Crippen LogP) is 4.33. The smallest absolute Gasteiger partial charge is 0.192 e. The average Bonchev–Trinajstić information content (AvgIpc) is 3.08. The van der Waals surface area contributed by atoms with E-state index in [1.54, 1.807) is 0 Å². The van der Waals surface area contributed by atoms with Crippen LogP contribution in [0.5, 0.6) is 0 Å². The van der Waals surface area contributed by atoms with Gasteiger partial charge >= 0.3 is 0 Å². The summed E-state index contributed by atoms with van der Waals surface area (Å²) in [5.41, 5.74) is 10.2.